The van der Waals surface area contributed by atoms with Gasteiger partial charge in [-0.1, -0.05) is 12.2 Å². The largest absolute Gasteiger partial charge is 0.342 e. The molecule has 5 rings (SSSR count). The highest BCUT2D eigenvalue weighted by Gasteiger charge is 2.58. The average Bonchev–Trinajstić information content (AvgIpc) is 3.02. The van der Waals surface area contributed by atoms with Crippen molar-refractivity contribution in [3.05, 3.63) is 47.9 Å². The summed E-state index contributed by atoms with van der Waals surface area (Å²) in [6.07, 6.45) is 7.14. The van der Waals surface area contributed by atoms with E-state index in [1.807, 2.05) is 6.08 Å². The first kappa shape index (κ1) is 20.3. The predicted molar refractivity (Wildman–Crippen MR) is 106 cm³/mol. The van der Waals surface area contributed by atoms with Crippen LogP contribution >= 0.6 is 0 Å². The average molecular weight is 431 g/mol. The molecule has 0 saturated carbocycles. The Morgan fingerprint density at radius 3 is 2.61 bits per heavy atom. The number of nitrogens with zero attached hydrogens (tertiary/aromatic N) is 3. The summed E-state index contributed by atoms with van der Waals surface area (Å²) in [5.74, 6) is -5.45. The number of aromatic nitrogens is 1. The standard InChI is InChI=1S/C22H23F2N3O4/c23-21(24)6-9-26(10-7-21)19(28)15-4-5-18-17(13-15)22(30-11-2-12-31-22)20(29)27(18)16-3-1-8-25-14-16/h1,3,5,8,13-15H,2,4,6-7,9-12H2. The number of ether oxygens (including phenoxy) is 2. The van der Waals surface area contributed by atoms with Gasteiger partial charge in [-0.3, -0.25) is 19.5 Å². The number of carbonyl (C=O) groups is 2. The zero-order chi connectivity index (χ0) is 21.6. The highest BCUT2D eigenvalue weighted by atomic mass is 19.3. The van der Waals surface area contributed by atoms with Gasteiger partial charge in [-0.25, -0.2) is 8.78 Å². The Morgan fingerprint density at radius 2 is 1.94 bits per heavy atom. The molecule has 1 aromatic heterocycles. The van der Waals surface area contributed by atoms with Gasteiger partial charge in [0.25, 0.3) is 17.6 Å². The number of rotatable bonds is 2. The maximum Gasteiger partial charge on any atom is 0.297 e. The molecule has 164 valence electrons. The third-order valence-electron chi connectivity index (χ3n) is 6.22. The quantitative estimate of drug-likeness (QED) is 0.720. The summed E-state index contributed by atoms with van der Waals surface area (Å²) in [7, 11) is 0. The van der Waals surface area contributed by atoms with Crippen LogP contribution in [0.15, 0.2) is 47.9 Å². The summed E-state index contributed by atoms with van der Waals surface area (Å²) in [5, 5.41) is 0. The van der Waals surface area contributed by atoms with E-state index in [1.54, 1.807) is 30.6 Å². The van der Waals surface area contributed by atoms with Crippen LogP contribution in [-0.4, -0.2) is 59.7 Å². The lowest BCUT2D eigenvalue weighted by atomic mass is 9.89. The van der Waals surface area contributed by atoms with E-state index in [1.165, 1.54) is 9.80 Å². The molecule has 4 heterocycles. The van der Waals surface area contributed by atoms with Crippen LogP contribution in [0.1, 0.15) is 25.7 Å². The van der Waals surface area contributed by atoms with E-state index in [0.717, 1.165) is 0 Å². The van der Waals surface area contributed by atoms with Crippen molar-refractivity contribution in [2.45, 2.75) is 37.4 Å². The molecule has 3 saturated heterocycles. The number of halogens is 2. The van der Waals surface area contributed by atoms with E-state index in [9.17, 15) is 18.4 Å². The van der Waals surface area contributed by atoms with Gasteiger partial charge in [0.15, 0.2) is 0 Å². The summed E-state index contributed by atoms with van der Waals surface area (Å²) >= 11 is 0. The maximum atomic E-state index is 13.5. The second-order valence-corrected chi connectivity index (χ2v) is 8.21. The first-order valence-electron chi connectivity index (χ1n) is 10.5. The van der Waals surface area contributed by atoms with Gasteiger partial charge < -0.3 is 14.4 Å². The zero-order valence-corrected chi connectivity index (χ0v) is 16.9. The van der Waals surface area contributed by atoms with Crippen LogP contribution in [0.3, 0.4) is 0 Å². The molecule has 0 aromatic carbocycles. The summed E-state index contributed by atoms with van der Waals surface area (Å²) in [6, 6.07) is 3.51. The van der Waals surface area contributed by atoms with E-state index in [4.69, 9.17) is 9.47 Å². The van der Waals surface area contributed by atoms with Crippen molar-refractivity contribution in [3.8, 4) is 0 Å². The van der Waals surface area contributed by atoms with Crippen LogP contribution in [0.25, 0.3) is 0 Å². The van der Waals surface area contributed by atoms with Gasteiger partial charge >= 0.3 is 0 Å². The summed E-state index contributed by atoms with van der Waals surface area (Å²) < 4.78 is 38.8. The highest BCUT2D eigenvalue weighted by Crippen LogP contribution is 2.47. The van der Waals surface area contributed by atoms with Crippen LogP contribution < -0.4 is 4.90 Å². The number of likely N-dealkylation sites (tertiary alicyclic amines) is 1. The molecular formula is C22H23F2N3O4. The SMILES string of the molecule is O=C(C1C=C2C(=CC1)N(c1cccnc1)C(=O)C21OCCCO1)N1CCC(F)(F)CC1. The number of fused-ring (bicyclic) bond motifs is 2. The number of anilines is 1. The van der Waals surface area contributed by atoms with E-state index < -0.39 is 17.6 Å². The monoisotopic (exact) mass is 431 g/mol. The number of allylic oxidation sites excluding steroid dienone is 1. The molecular weight excluding hydrogens is 408 g/mol. The van der Waals surface area contributed by atoms with Gasteiger partial charge in [-0.2, -0.15) is 0 Å². The molecule has 1 aromatic rings. The molecule has 1 spiro atoms. The van der Waals surface area contributed by atoms with Crippen molar-refractivity contribution in [2.24, 2.45) is 5.92 Å². The minimum Gasteiger partial charge on any atom is -0.342 e. The van der Waals surface area contributed by atoms with Crippen molar-refractivity contribution in [3.63, 3.8) is 0 Å². The summed E-state index contributed by atoms with van der Waals surface area (Å²) in [5.41, 5.74) is 1.71. The second-order valence-electron chi connectivity index (χ2n) is 8.21. The number of amides is 2. The molecule has 3 aliphatic heterocycles. The lowest BCUT2D eigenvalue weighted by Gasteiger charge is -2.35. The summed E-state index contributed by atoms with van der Waals surface area (Å²) in [6.45, 7) is 0.774. The number of alkyl halides is 2. The van der Waals surface area contributed by atoms with Crippen LogP contribution in [-0.2, 0) is 19.1 Å². The molecule has 0 N–H and O–H groups in total. The number of pyridine rings is 1. The molecule has 1 unspecified atom stereocenters. The smallest absolute Gasteiger partial charge is 0.297 e. The molecule has 4 aliphatic rings. The lowest BCUT2D eigenvalue weighted by Crippen LogP contribution is -2.49. The lowest BCUT2D eigenvalue weighted by molar-refractivity contribution is -0.228. The third-order valence-corrected chi connectivity index (χ3v) is 6.22. The Labute approximate surface area is 178 Å². The summed E-state index contributed by atoms with van der Waals surface area (Å²) in [4.78, 5) is 33.7. The fourth-order valence-corrected chi connectivity index (χ4v) is 4.58. The Morgan fingerprint density at radius 1 is 1.19 bits per heavy atom. The molecule has 7 nitrogen and oxygen atoms in total. The Balaban J connectivity index is 1.47. The molecule has 31 heavy (non-hydrogen) atoms. The number of hydrogen-bond acceptors (Lipinski definition) is 5. The van der Waals surface area contributed by atoms with Crippen molar-refractivity contribution in [1.82, 2.24) is 9.88 Å². The zero-order valence-electron chi connectivity index (χ0n) is 16.9. The van der Waals surface area contributed by atoms with Gasteiger partial charge in [0, 0.05) is 37.7 Å². The topological polar surface area (TPSA) is 72.0 Å². The first-order chi connectivity index (χ1) is 14.9. The molecule has 9 heteroatoms. The predicted octanol–water partition coefficient (Wildman–Crippen LogP) is 2.65. The van der Waals surface area contributed by atoms with Gasteiger partial charge in [0.1, 0.15) is 0 Å². The van der Waals surface area contributed by atoms with Crippen molar-refractivity contribution < 1.29 is 27.8 Å². The van der Waals surface area contributed by atoms with E-state index in [0.29, 0.717) is 43.0 Å². The highest BCUT2D eigenvalue weighted by molar-refractivity contribution is 6.10. The number of piperidine rings is 1. The van der Waals surface area contributed by atoms with Crippen LogP contribution in [0, 0.1) is 5.92 Å². The van der Waals surface area contributed by atoms with Crippen molar-refractivity contribution in [2.75, 3.05) is 31.2 Å². The van der Waals surface area contributed by atoms with E-state index in [2.05, 4.69) is 4.98 Å². The second kappa shape index (κ2) is 7.49. The van der Waals surface area contributed by atoms with Gasteiger partial charge in [0.2, 0.25) is 5.91 Å². The number of carbonyl (C=O) groups excluding carboxylic acids is 2. The molecule has 3 fully saturated rings. The fourth-order valence-electron chi connectivity index (χ4n) is 4.58. The molecule has 0 radical (unpaired) electrons. The molecule has 1 aliphatic carbocycles. The van der Waals surface area contributed by atoms with Crippen LogP contribution in [0.4, 0.5) is 14.5 Å². The first-order valence-corrected chi connectivity index (χ1v) is 10.5. The van der Waals surface area contributed by atoms with Gasteiger partial charge in [-0.05, 0) is 25.0 Å². The van der Waals surface area contributed by atoms with Gasteiger partial charge in [-0.15, -0.1) is 0 Å². The third kappa shape index (κ3) is 3.36. The fraction of sp³-hybridized carbons (Fsp3) is 0.500. The Bertz CT molecular complexity index is 947. The minimum atomic E-state index is -2.72. The Kier molecular flexibility index (Phi) is 4.90. The van der Waals surface area contributed by atoms with E-state index >= 15 is 0 Å². The molecule has 0 bridgehead atoms. The van der Waals surface area contributed by atoms with Crippen LogP contribution in [0.2, 0.25) is 0 Å². The van der Waals surface area contributed by atoms with Crippen molar-refractivity contribution >= 4 is 17.5 Å². The normalized spacial score (nSPS) is 27.0. The maximum absolute atomic E-state index is 13.5. The van der Waals surface area contributed by atoms with Crippen LogP contribution in [0.5, 0.6) is 0 Å². The minimum absolute atomic E-state index is 0.0287. The molecule has 1 atom stereocenters. The van der Waals surface area contributed by atoms with E-state index in [-0.39, 0.29) is 37.7 Å². The molecule has 2 amide bonds. The van der Waals surface area contributed by atoms with Gasteiger partial charge in [0.05, 0.1) is 36.7 Å². The Hall–Kier alpha value is -2.65. The van der Waals surface area contributed by atoms with Crippen molar-refractivity contribution in [1.29, 1.82) is 0 Å². The number of hydrogen-bond donors (Lipinski definition) is 0.